The number of hydrogen-bond acceptors (Lipinski definition) is 3. The van der Waals surface area contributed by atoms with Gasteiger partial charge in [0, 0.05) is 18.2 Å². The van der Waals surface area contributed by atoms with Crippen molar-refractivity contribution in [2.24, 2.45) is 5.92 Å². The standard InChI is InChI=1S/C11H14BrNO2/c12-10-5-9(13)1-2-11(10)15-7-8-3-4-14-6-8/h1-2,5,8H,3-4,6-7,13H2. The number of ether oxygens (including phenoxy) is 2. The van der Waals surface area contributed by atoms with E-state index in [-0.39, 0.29) is 0 Å². The molecule has 1 saturated heterocycles. The Morgan fingerprint density at radius 1 is 1.53 bits per heavy atom. The highest BCUT2D eigenvalue weighted by atomic mass is 79.9. The first-order valence-corrected chi connectivity index (χ1v) is 5.80. The van der Waals surface area contributed by atoms with Crippen LogP contribution in [0.15, 0.2) is 22.7 Å². The molecule has 0 radical (unpaired) electrons. The van der Waals surface area contributed by atoms with Gasteiger partial charge in [0.05, 0.1) is 17.7 Å². The maximum Gasteiger partial charge on any atom is 0.133 e. The Hall–Kier alpha value is -0.740. The van der Waals surface area contributed by atoms with Crippen LogP contribution in [-0.2, 0) is 4.74 Å². The molecule has 1 aromatic rings. The van der Waals surface area contributed by atoms with Gasteiger partial charge in [-0.05, 0) is 40.5 Å². The van der Waals surface area contributed by atoms with Crippen molar-refractivity contribution in [3.05, 3.63) is 22.7 Å². The summed E-state index contributed by atoms with van der Waals surface area (Å²) in [5.41, 5.74) is 6.37. The number of halogens is 1. The molecule has 0 bridgehead atoms. The maximum absolute atomic E-state index is 5.69. The van der Waals surface area contributed by atoms with Crippen molar-refractivity contribution >= 4 is 21.6 Å². The van der Waals surface area contributed by atoms with E-state index in [2.05, 4.69) is 15.9 Å². The summed E-state index contributed by atoms with van der Waals surface area (Å²) in [4.78, 5) is 0. The molecule has 0 amide bonds. The minimum absolute atomic E-state index is 0.523. The lowest BCUT2D eigenvalue weighted by Gasteiger charge is -2.11. The van der Waals surface area contributed by atoms with Crippen LogP contribution in [0, 0.1) is 5.92 Å². The van der Waals surface area contributed by atoms with E-state index in [0.29, 0.717) is 12.5 Å². The Labute approximate surface area is 97.7 Å². The smallest absolute Gasteiger partial charge is 0.133 e. The second-order valence-electron chi connectivity index (χ2n) is 3.73. The minimum Gasteiger partial charge on any atom is -0.492 e. The fourth-order valence-corrected chi connectivity index (χ4v) is 2.07. The topological polar surface area (TPSA) is 44.5 Å². The monoisotopic (exact) mass is 271 g/mol. The summed E-state index contributed by atoms with van der Waals surface area (Å²) < 4.78 is 11.9. The molecule has 1 fully saturated rings. The molecule has 1 aliphatic heterocycles. The summed E-state index contributed by atoms with van der Waals surface area (Å²) in [5.74, 6) is 1.37. The van der Waals surface area contributed by atoms with Crippen molar-refractivity contribution in [1.82, 2.24) is 0 Å². The quantitative estimate of drug-likeness (QED) is 0.859. The summed E-state index contributed by atoms with van der Waals surface area (Å²) in [6, 6.07) is 5.57. The third-order valence-electron chi connectivity index (χ3n) is 2.45. The number of nitrogen functional groups attached to an aromatic ring is 1. The largest absolute Gasteiger partial charge is 0.492 e. The highest BCUT2D eigenvalue weighted by Gasteiger charge is 2.16. The molecule has 82 valence electrons. The van der Waals surface area contributed by atoms with E-state index in [1.807, 2.05) is 18.2 Å². The van der Waals surface area contributed by atoms with Crippen molar-refractivity contribution < 1.29 is 9.47 Å². The van der Waals surface area contributed by atoms with Gasteiger partial charge in [-0.3, -0.25) is 0 Å². The van der Waals surface area contributed by atoms with E-state index in [4.69, 9.17) is 15.2 Å². The Morgan fingerprint density at radius 2 is 2.40 bits per heavy atom. The minimum atomic E-state index is 0.523. The molecule has 3 nitrogen and oxygen atoms in total. The summed E-state index contributed by atoms with van der Waals surface area (Å²) in [6.07, 6.45) is 1.09. The number of nitrogens with two attached hydrogens (primary N) is 1. The van der Waals surface area contributed by atoms with E-state index < -0.39 is 0 Å². The molecule has 2 rings (SSSR count). The molecule has 1 atom stereocenters. The van der Waals surface area contributed by atoms with E-state index in [1.54, 1.807) is 0 Å². The lowest BCUT2D eigenvalue weighted by molar-refractivity contribution is 0.167. The van der Waals surface area contributed by atoms with Crippen LogP contribution in [0.5, 0.6) is 5.75 Å². The molecule has 15 heavy (non-hydrogen) atoms. The normalized spacial score (nSPS) is 20.5. The Morgan fingerprint density at radius 3 is 3.07 bits per heavy atom. The first-order valence-electron chi connectivity index (χ1n) is 5.01. The lowest BCUT2D eigenvalue weighted by atomic mass is 10.1. The van der Waals surface area contributed by atoms with Gasteiger partial charge in [0.2, 0.25) is 0 Å². The second kappa shape index (κ2) is 4.86. The van der Waals surface area contributed by atoms with Gasteiger partial charge in [-0.1, -0.05) is 0 Å². The highest BCUT2D eigenvalue weighted by Crippen LogP contribution is 2.27. The Balaban J connectivity index is 1.92. The van der Waals surface area contributed by atoms with E-state index >= 15 is 0 Å². The maximum atomic E-state index is 5.69. The van der Waals surface area contributed by atoms with Gasteiger partial charge >= 0.3 is 0 Å². The average molecular weight is 272 g/mol. The van der Waals surface area contributed by atoms with Crippen LogP contribution in [0.2, 0.25) is 0 Å². The van der Waals surface area contributed by atoms with Crippen LogP contribution in [0.25, 0.3) is 0 Å². The molecule has 0 aliphatic carbocycles. The summed E-state index contributed by atoms with van der Waals surface area (Å²) >= 11 is 3.42. The van der Waals surface area contributed by atoms with Gasteiger partial charge in [0.1, 0.15) is 5.75 Å². The average Bonchev–Trinajstić information content (AvgIpc) is 2.69. The summed E-state index contributed by atoms with van der Waals surface area (Å²) in [5, 5.41) is 0. The number of benzene rings is 1. The van der Waals surface area contributed by atoms with E-state index in [0.717, 1.165) is 35.5 Å². The Bertz CT molecular complexity index is 337. The molecular weight excluding hydrogens is 258 g/mol. The summed E-state index contributed by atoms with van der Waals surface area (Å²) in [7, 11) is 0. The van der Waals surface area contributed by atoms with Crippen LogP contribution in [0.3, 0.4) is 0 Å². The third-order valence-corrected chi connectivity index (χ3v) is 3.07. The molecule has 1 heterocycles. The predicted molar refractivity (Wildman–Crippen MR) is 63.0 cm³/mol. The highest BCUT2D eigenvalue weighted by molar-refractivity contribution is 9.10. The van der Waals surface area contributed by atoms with E-state index in [1.165, 1.54) is 0 Å². The summed E-state index contributed by atoms with van der Waals surface area (Å²) in [6.45, 7) is 2.38. The second-order valence-corrected chi connectivity index (χ2v) is 4.58. The number of hydrogen-bond donors (Lipinski definition) is 1. The van der Waals surface area contributed by atoms with Crippen molar-refractivity contribution in [3.8, 4) is 5.75 Å². The molecule has 1 aromatic carbocycles. The zero-order chi connectivity index (χ0) is 10.7. The molecule has 1 unspecified atom stereocenters. The van der Waals surface area contributed by atoms with Crippen LogP contribution < -0.4 is 10.5 Å². The van der Waals surface area contributed by atoms with Gasteiger partial charge in [-0.2, -0.15) is 0 Å². The van der Waals surface area contributed by atoms with Crippen LogP contribution in [-0.4, -0.2) is 19.8 Å². The predicted octanol–water partition coefficient (Wildman–Crippen LogP) is 2.45. The molecule has 0 spiro atoms. The van der Waals surface area contributed by atoms with Crippen molar-refractivity contribution in [2.75, 3.05) is 25.6 Å². The van der Waals surface area contributed by atoms with Crippen LogP contribution >= 0.6 is 15.9 Å². The van der Waals surface area contributed by atoms with Crippen molar-refractivity contribution in [3.63, 3.8) is 0 Å². The first kappa shape index (κ1) is 10.8. The van der Waals surface area contributed by atoms with Crippen molar-refractivity contribution in [2.45, 2.75) is 6.42 Å². The zero-order valence-electron chi connectivity index (χ0n) is 8.41. The van der Waals surface area contributed by atoms with Gasteiger partial charge in [0.25, 0.3) is 0 Å². The van der Waals surface area contributed by atoms with Crippen molar-refractivity contribution in [1.29, 1.82) is 0 Å². The molecule has 0 aromatic heterocycles. The van der Waals surface area contributed by atoms with E-state index in [9.17, 15) is 0 Å². The number of anilines is 1. The van der Waals surface area contributed by atoms with Crippen LogP contribution in [0.4, 0.5) is 5.69 Å². The molecular formula is C11H14BrNO2. The molecule has 4 heteroatoms. The molecule has 1 aliphatic rings. The first-order chi connectivity index (χ1) is 7.25. The zero-order valence-corrected chi connectivity index (χ0v) is 10.00. The number of rotatable bonds is 3. The molecule has 0 saturated carbocycles. The third kappa shape index (κ3) is 2.86. The van der Waals surface area contributed by atoms with Gasteiger partial charge < -0.3 is 15.2 Å². The lowest BCUT2D eigenvalue weighted by Crippen LogP contribution is -2.11. The fourth-order valence-electron chi connectivity index (χ4n) is 1.56. The Kier molecular flexibility index (Phi) is 3.49. The SMILES string of the molecule is Nc1ccc(OCC2CCOC2)c(Br)c1. The van der Waals surface area contributed by atoms with Gasteiger partial charge in [-0.25, -0.2) is 0 Å². The van der Waals surface area contributed by atoms with Gasteiger partial charge in [0.15, 0.2) is 0 Å². The fraction of sp³-hybridized carbons (Fsp3) is 0.455. The van der Waals surface area contributed by atoms with Gasteiger partial charge in [-0.15, -0.1) is 0 Å². The molecule has 2 N–H and O–H groups in total. The van der Waals surface area contributed by atoms with Crippen LogP contribution in [0.1, 0.15) is 6.42 Å².